The number of aromatic amines is 2. The van der Waals surface area contributed by atoms with Gasteiger partial charge in [-0.15, -0.1) is 0 Å². The molecule has 5 aromatic carbocycles. The van der Waals surface area contributed by atoms with E-state index in [2.05, 4.69) is 38.2 Å². The van der Waals surface area contributed by atoms with Gasteiger partial charge in [0, 0.05) is 117 Å². The van der Waals surface area contributed by atoms with Gasteiger partial charge in [0.15, 0.2) is 0 Å². The summed E-state index contributed by atoms with van der Waals surface area (Å²) in [7, 11) is 7.00. The molecule has 0 unspecified atom stereocenters. The Labute approximate surface area is 504 Å². The van der Waals surface area contributed by atoms with Gasteiger partial charge < -0.3 is 94.7 Å². The largest absolute Gasteiger partial charge is 0.480 e. The molecular formula is C58H87N17O4S4. The number of nitrogens with two attached hydrogens (primary N) is 13. The first-order valence-electron chi connectivity index (χ1n) is 25.9. The van der Waals surface area contributed by atoms with Crippen molar-refractivity contribution in [3.05, 3.63) is 179 Å². The molecule has 452 valence electrons. The van der Waals surface area contributed by atoms with Crippen molar-refractivity contribution < 1.29 is 19.8 Å². The first-order chi connectivity index (χ1) is 39.4. The molecule has 0 radical (unpaired) electrons. The molecule has 2 heterocycles. The molecule has 30 N–H and O–H groups in total. The van der Waals surface area contributed by atoms with Crippen molar-refractivity contribution in [2.45, 2.75) is 82.2 Å². The Hall–Kier alpha value is -7.46. The van der Waals surface area contributed by atoms with Gasteiger partial charge in [0.2, 0.25) is 0 Å². The number of hydrogen-bond acceptors (Lipinski definition) is 21. The first-order valence-corrected chi connectivity index (χ1v) is 30.6. The lowest BCUT2D eigenvalue weighted by Gasteiger charge is -2.09. The molecule has 0 saturated heterocycles. The van der Waals surface area contributed by atoms with Crippen LogP contribution in [0, 0.1) is 34.6 Å². The SMILES string of the molecule is Cc1c(N)cccc1N.Cc1cc(C)c(N)c(C)c1N.Cc1ccc(N)cc1N.NCCC1=CC=CC1.NCCSSCCN.N[C@@H](Cc1cnc[nH]1)C(=O)O.N[C@H](Cc1cnc[nH]1)C(=O)O.Nc1ccc(SSc2ccc(N)cc2)cc1. The third-order valence-corrected chi connectivity index (χ3v) is 16.1. The van der Waals surface area contributed by atoms with E-state index in [1.165, 1.54) is 28.0 Å². The fourth-order valence-electron chi connectivity index (χ4n) is 6.21. The summed E-state index contributed by atoms with van der Waals surface area (Å²) in [6, 6.07) is 27.0. The fraction of sp³-hybridized carbons (Fsp3) is 0.276. The van der Waals surface area contributed by atoms with Gasteiger partial charge in [-0.25, -0.2) is 9.97 Å². The zero-order valence-electron chi connectivity index (χ0n) is 48.0. The van der Waals surface area contributed by atoms with E-state index in [0.29, 0.717) is 0 Å². The normalized spacial score (nSPS) is 11.3. The fourth-order valence-corrected chi connectivity index (χ4v) is 9.85. The van der Waals surface area contributed by atoms with Crippen LogP contribution in [0.15, 0.2) is 150 Å². The number of aliphatic carboxylic acids is 2. The van der Waals surface area contributed by atoms with Gasteiger partial charge in [-0.1, -0.05) is 85.2 Å². The van der Waals surface area contributed by atoms with E-state index in [9.17, 15) is 9.59 Å². The quantitative estimate of drug-likeness (QED) is 0.0247. The Balaban J connectivity index is 0.000000479. The second-order valence-corrected chi connectivity index (χ2v) is 23.1. The molecule has 0 bridgehead atoms. The highest BCUT2D eigenvalue weighted by Crippen LogP contribution is 2.37. The zero-order valence-corrected chi connectivity index (χ0v) is 51.2. The predicted octanol–water partition coefficient (Wildman–Crippen LogP) is 7.98. The van der Waals surface area contributed by atoms with Crippen molar-refractivity contribution in [2.75, 3.05) is 77.0 Å². The van der Waals surface area contributed by atoms with Crippen LogP contribution < -0.4 is 74.5 Å². The minimum atomic E-state index is -1.00. The van der Waals surface area contributed by atoms with Crippen LogP contribution in [0.5, 0.6) is 0 Å². The number of H-pyrrole nitrogens is 2. The number of allylic oxidation sites excluding steroid dienone is 3. The minimum absolute atomic E-state index is 0.287. The molecule has 8 rings (SSSR count). The number of carbonyl (C=O) groups is 2. The van der Waals surface area contributed by atoms with Gasteiger partial charge in [0.1, 0.15) is 12.1 Å². The Morgan fingerprint density at radius 1 is 0.554 bits per heavy atom. The molecule has 1 aliphatic rings. The highest BCUT2D eigenvalue weighted by atomic mass is 33.1. The summed E-state index contributed by atoms with van der Waals surface area (Å²) in [4.78, 5) is 35.9. The summed E-state index contributed by atoms with van der Waals surface area (Å²) in [5, 5.41) is 16.8. The maximum atomic E-state index is 10.3. The number of anilines is 8. The number of aryl methyl sites for hydroxylation is 3. The molecule has 0 saturated carbocycles. The van der Waals surface area contributed by atoms with E-state index < -0.39 is 24.0 Å². The Bertz CT molecular complexity index is 2820. The van der Waals surface area contributed by atoms with Crippen molar-refractivity contribution in [3.8, 4) is 0 Å². The van der Waals surface area contributed by atoms with Crippen molar-refractivity contribution in [1.82, 2.24) is 19.9 Å². The van der Waals surface area contributed by atoms with Gasteiger partial charge in [0.05, 0.1) is 12.7 Å². The van der Waals surface area contributed by atoms with E-state index in [1.54, 1.807) is 61.6 Å². The zero-order chi connectivity index (χ0) is 62.3. The molecule has 7 aromatic rings. The van der Waals surface area contributed by atoms with Crippen LogP contribution in [0.1, 0.15) is 52.0 Å². The molecule has 0 aliphatic heterocycles. The summed E-state index contributed by atoms with van der Waals surface area (Å²) < 4.78 is 0. The van der Waals surface area contributed by atoms with Crippen LogP contribution in [0.3, 0.4) is 0 Å². The highest BCUT2D eigenvalue weighted by Gasteiger charge is 2.13. The van der Waals surface area contributed by atoms with Gasteiger partial charge in [0.25, 0.3) is 0 Å². The number of aromatic nitrogens is 4. The van der Waals surface area contributed by atoms with Crippen molar-refractivity contribution >= 4 is 101 Å². The van der Waals surface area contributed by atoms with Crippen LogP contribution in [-0.4, -0.2) is 85.3 Å². The number of carboxylic acids is 2. The van der Waals surface area contributed by atoms with E-state index in [0.717, 1.165) is 129 Å². The molecule has 2 atom stereocenters. The number of benzene rings is 5. The number of carboxylic acid groups (broad SMARTS) is 2. The molecule has 83 heavy (non-hydrogen) atoms. The second kappa shape index (κ2) is 42.4. The average molecular weight is 1210 g/mol. The number of rotatable bonds is 16. The van der Waals surface area contributed by atoms with E-state index in [4.69, 9.17) is 84.8 Å². The lowest BCUT2D eigenvalue weighted by atomic mass is 10.0. The van der Waals surface area contributed by atoms with Crippen LogP contribution in [0.4, 0.5) is 45.5 Å². The maximum Gasteiger partial charge on any atom is 0.320 e. The third-order valence-electron chi connectivity index (χ3n) is 11.2. The molecule has 1 aliphatic carbocycles. The van der Waals surface area contributed by atoms with Gasteiger partial charge in [-0.2, -0.15) is 0 Å². The maximum absolute atomic E-state index is 10.3. The third kappa shape index (κ3) is 32.7. The number of nitrogens with one attached hydrogen (secondary N) is 2. The van der Waals surface area contributed by atoms with Gasteiger partial charge in [-0.3, -0.25) is 9.59 Å². The van der Waals surface area contributed by atoms with Crippen molar-refractivity contribution in [2.24, 2.45) is 28.7 Å². The monoisotopic (exact) mass is 1210 g/mol. The minimum Gasteiger partial charge on any atom is -0.480 e. The molecule has 0 fully saturated rings. The van der Waals surface area contributed by atoms with Crippen LogP contribution in [0.25, 0.3) is 0 Å². The summed E-state index contributed by atoms with van der Waals surface area (Å²) in [5.74, 6) is 0.0641. The smallest absolute Gasteiger partial charge is 0.320 e. The topological polar surface area (TPSA) is 470 Å². The van der Waals surface area contributed by atoms with Crippen LogP contribution in [-0.2, 0) is 22.4 Å². The van der Waals surface area contributed by atoms with Crippen molar-refractivity contribution in [3.63, 3.8) is 0 Å². The van der Waals surface area contributed by atoms with Gasteiger partial charge >= 0.3 is 11.9 Å². The summed E-state index contributed by atoms with van der Waals surface area (Å²) in [6.45, 7) is 12.1. The standard InChI is InChI=1S/C12H12N2S2.C9H14N2.2C7H10N2.C7H11N.2C6H9N3O2.C4H12N2S2/c13-9-1-5-11(6-2-9)15-16-12-7-3-10(14)4-8-12;1-5-4-6(2)9(11)7(3)8(5)10;1-5-2-3-6(8)4-7(5)9;1-5-6(8)3-2-4-7(5)9;8-6-5-7-3-1-2-4-7;2*7-5(6(10)11)1-4-2-8-3-9-4;5-1-3-7-8-4-2-6/h1-8H,13-14H2;4H,10-11H2,1-3H3;2*2-4H,8-9H2,1H3;1-3H,4-6,8H2;2*2-3,5H,1,7H2,(H,8,9)(H,10,11);1-6H2/t;;;;;2*5-;/m.....10./s1. The van der Waals surface area contributed by atoms with Crippen LogP contribution >= 0.6 is 43.2 Å². The summed E-state index contributed by atoms with van der Waals surface area (Å²) in [6.07, 6.45) is 15.2. The lowest BCUT2D eigenvalue weighted by molar-refractivity contribution is -0.139. The molecule has 0 amide bonds. The number of imidazole rings is 2. The number of hydrogen-bond donors (Lipinski definition) is 17. The second-order valence-electron chi connectivity index (χ2n) is 18.1. The van der Waals surface area contributed by atoms with Gasteiger partial charge in [-0.05, 0) is 155 Å². The Morgan fingerprint density at radius 2 is 0.988 bits per heavy atom. The predicted molar refractivity (Wildman–Crippen MR) is 357 cm³/mol. The molecule has 21 nitrogen and oxygen atoms in total. The Morgan fingerprint density at radius 3 is 1.31 bits per heavy atom. The van der Waals surface area contributed by atoms with E-state index in [1.807, 2.05) is 120 Å². The molecular weight excluding hydrogens is 1130 g/mol. The molecule has 0 spiro atoms. The average Bonchev–Trinajstić information content (AvgIpc) is 4.35. The van der Waals surface area contributed by atoms with Crippen LogP contribution in [0.2, 0.25) is 0 Å². The summed E-state index contributed by atoms with van der Waals surface area (Å²) >= 11 is 0. The first kappa shape index (κ1) is 73.6. The summed E-state index contributed by atoms with van der Waals surface area (Å²) in [5.41, 5.74) is 85.6. The van der Waals surface area contributed by atoms with E-state index >= 15 is 0 Å². The Kier molecular flexibility index (Phi) is 37.5. The highest BCUT2D eigenvalue weighted by molar-refractivity contribution is 8.77. The molecule has 2 aromatic heterocycles. The number of nitrogens with zero attached hydrogens (tertiary/aromatic N) is 2. The van der Waals surface area contributed by atoms with E-state index in [-0.39, 0.29) is 12.8 Å². The molecule has 25 heteroatoms. The number of nitrogen functional groups attached to an aromatic ring is 8. The van der Waals surface area contributed by atoms with Crippen molar-refractivity contribution in [1.29, 1.82) is 0 Å². The lowest BCUT2D eigenvalue weighted by Crippen LogP contribution is -2.32.